The Labute approximate surface area is 173 Å². The van der Waals surface area contributed by atoms with Crippen molar-refractivity contribution in [3.63, 3.8) is 0 Å². The monoisotopic (exact) mass is 436 g/mol. The predicted molar refractivity (Wildman–Crippen MR) is 110 cm³/mol. The number of nitrogens with one attached hydrogen (secondary N) is 1. The maximum atomic E-state index is 13.7. The molecule has 0 aliphatic rings. The van der Waals surface area contributed by atoms with Gasteiger partial charge in [-0.05, 0) is 35.9 Å². The molecular weight excluding hydrogens is 415 g/mol. The number of hydrogen-bond acceptors (Lipinski definition) is 7. The normalized spacial score (nSPS) is 11.6. The van der Waals surface area contributed by atoms with Gasteiger partial charge in [0.25, 0.3) is 0 Å². The third kappa shape index (κ3) is 5.28. The lowest BCUT2D eigenvalue weighted by Gasteiger charge is -2.17. The SMILES string of the molecule is COc1ccc(S(=O)(=O)N(C)CCNc2nc(Cc3ccccc3F)ns2)cc1. The van der Waals surface area contributed by atoms with Crippen LogP contribution in [0.2, 0.25) is 0 Å². The lowest BCUT2D eigenvalue weighted by molar-refractivity contribution is 0.414. The highest BCUT2D eigenvalue weighted by molar-refractivity contribution is 7.89. The van der Waals surface area contributed by atoms with E-state index in [2.05, 4.69) is 14.7 Å². The molecule has 2 aromatic carbocycles. The van der Waals surface area contributed by atoms with Crippen LogP contribution in [0.1, 0.15) is 11.4 Å². The van der Waals surface area contributed by atoms with E-state index in [4.69, 9.17) is 4.74 Å². The topological polar surface area (TPSA) is 84.4 Å². The second-order valence-electron chi connectivity index (χ2n) is 6.21. The Hall–Kier alpha value is -2.56. The van der Waals surface area contributed by atoms with Crippen molar-refractivity contribution < 1.29 is 17.5 Å². The first kappa shape index (κ1) is 21.2. The van der Waals surface area contributed by atoms with Crippen LogP contribution in [0.25, 0.3) is 0 Å². The molecule has 10 heteroatoms. The maximum Gasteiger partial charge on any atom is 0.242 e. The summed E-state index contributed by atoms with van der Waals surface area (Å²) in [7, 11) is -0.552. The van der Waals surface area contributed by atoms with E-state index in [-0.39, 0.29) is 17.3 Å². The van der Waals surface area contributed by atoms with Crippen LogP contribution >= 0.6 is 11.5 Å². The van der Waals surface area contributed by atoms with Gasteiger partial charge in [-0.25, -0.2) is 17.8 Å². The summed E-state index contributed by atoms with van der Waals surface area (Å²) in [5.74, 6) is 0.819. The van der Waals surface area contributed by atoms with Gasteiger partial charge < -0.3 is 10.1 Å². The molecule has 0 atom stereocenters. The smallest absolute Gasteiger partial charge is 0.242 e. The van der Waals surface area contributed by atoms with Crippen LogP contribution in [0, 0.1) is 5.82 Å². The lowest BCUT2D eigenvalue weighted by Crippen LogP contribution is -2.31. The van der Waals surface area contributed by atoms with Crippen molar-refractivity contribution in [3.8, 4) is 5.75 Å². The number of sulfonamides is 1. The summed E-state index contributed by atoms with van der Waals surface area (Å²) in [6.07, 6.45) is 0.302. The largest absolute Gasteiger partial charge is 0.497 e. The minimum absolute atomic E-state index is 0.198. The zero-order chi connectivity index (χ0) is 20.9. The summed E-state index contributed by atoms with van der Waals surface area (Å²) < 4.78 is 49.5. The van der Waals surface area contributed by atoms with Crippen molar-refractivity contribution in [2.24, 2.45) is 0 Å². The van der Waals surface area contributed by atoms with E-state index in [1.165, 1.54) is 36.7 Å². The standard InChI is InChI=1S/C19H21FN4O3S2/c1-24(29(25,26)16-9-7-15(27-2)8-10-16)12-11-21-19-22-18(23-28-19)13-14-5-3-4-6-17(14)20/h3-10H,11-13H2,1-2H3,(H,21,22,23). The highest BCUT2D eigenvalue weighted by Gasteiger charge is 2.20. The molecular formula is C19H21FN4O3S2. The number of rotatable bonds is 9. The summed E-state index contributed by atoms with van der Waals surface area (Å²) in [5, 5.41) is 3.62. The second-order valence-corrected chi connectivity index (χ2v) is 9.01. The molecule has 0 fully saturated rings. The van der Waals surface area contributed by atoms with Crippen molar-refractivity contribution in [1.29, 1.82) is 0 Å². The molecule has 1 N–H and O–H groups in total. The fourth-order valence-corrected chi connectivity index (χ4v) is 4.36. The number of halogens is 1. The van der Waals surface area contributed by atoms with Gasteiger partial charge in [-0.15, -0.1) is 0 Å². The first-order valence-electron chi connectivity index (χ1n) is 8.80. The third-order valence-electron chi connectivity index (χ3n) is 4.25. The number of methoxy groups -OCH3 is 1. The van der Waals surface area contributed by atoms with Crippen LogP contribution in [0.3, 0.4) is 0 Å². The zero-order valence-corrected chi connectivity index (χ0v) is 17.6. The number of aromatic nitrogens is 2. The molecule has 0 saturated heterocycles. The summed E-state index contributed by atoms with van der Waals surface area (Å²) >= 11 is 1.16. The molecule has 0 aliphatic carbocycles. The van der Waals surface area contributed by atoms with Crippen molar-refractivity contribution in [2.75, 3.05) is 32.6 Å². The molecule has 0 radical (unpaired) electrons. The third-order valence-corrected chi connectivity index (χ3v) is 6.83. The highest BCUT2D eigenvalue weighted by atomic mass is 32.2. The number of benzene rings is 2. The first-order valence-corrected chi connectivity index (χ1v) is 11.0. The number of ether oxygens (including phenoxy) is 1. The number of hydrogen-bond donors (Lipinski definition) is 1. The number of nitrogens with zero attached hydrogens (tertiary/aromatic N) is 3. The molecule has 3 rings (SSSR count). The fraction of sp³-hybridized carbons (Fsp3) is 0.263. The Morgan fingerprint density at radius 1 is 1.17 bits per heavy atom. The summed E-state index contributed by atoms with van der Waals surface area (Å²) in [6.45, 7) is 0.608. The van der Waals surface area contributed by atoms with Crippen LogP contribution in [0.5, 0.6) is 5.75 Å². The van der Waals surface area contributed by atoms with Gasteiger partial charge in [-0.3, -0.25) is 0 Å². The average Bonchev–Trinajstić information content (AvgIpc) is 3.17. The summed E-state index contributed by atoms with van der Waals surface area (Å²) in [4.78, 5) is 4.53. The van der Waals surface area contributed by atoms with E-state index < -0.39 is 10.0 Å². The van der Waals surface area contributed by atoms with Crippen molar-refractivity contribution >= 4 is 26.7 Å². The van der Waals surface area contributed by atoms with Gasteiger partial charge in [0.05, 0.1) is 12.0 Å². The summed E-state index contributed by atoms with van der Waals surface area (Å²) in [6, 6.07) is 12.7. The van der Waals surface area contributed by atoms with E-state index in [1.54, 1.807) is 30.3 Å². The van der Waals surface area contributed by atoms with Crippen LogP contribution < -0.4 is 10.1 Å². The average molecular weight is 437 g/mol. The van der Waals surface area contributed by atoms with Crippen LogP contribution in [0.4, 0.5) is 9.52 Å². The van der Waals surface area contributed by atoms with Gasteiger partial charge in [0.2, 0.25) is 15.2 Å². The van der Waals surface area contributed by atoms with E-state index >= 15 is 0 Å². The minimum atomic E-state index is -3.60. The highest BCUT2D eigenvalue weighted by Crippen LogP contribution is 2.19. The minimum Gasteiger partial charge on any atom is -0.497 e. The molecule has 0 aliphatic heterocycles. The van der Waals surface area contributed by atoms with E-state index in [1.807, 2.05) is 0 Å². The Bertz CT molecular complexity index is 1060. The van der Waals surface area contributed by atoms with Gasteiger partial charge in [0, 0.05) is 38.1 Å². The van der Waals surface area contributed by atoms with Gasteiger partial charge in [0.1, 0.15) is 17.4 Å². The van der Waals surface area contributed by atoms with Crippen molar-refractivity contribution in [1.82, 2.24) is 13.7 Å². The molecule has 7 nitrogen and oxygen atoms in total. The van der Waals surface area contributed by atoms with Crippen molar-refractivity contribution in [3.05, 3.63) is 65.7 Å². The van der Waals surface area contributed by atoms with Gasteiger partial charge in [-0.2, -0.15) is 8.68 Å². The number of anilines is 1. The van der Waals surface area contributed by atoms with Crippen molar-refractivity contribution in [2.45, 2.75) is 11.3 Å². The lowest BCUT2D eigenvalue weighted by atomic mass is 10.1. The molecule has 1 heterocycles. The van der Waals surface area contributed by atoms with Crippen LogP contribution in [0.15, 0.2) is 53.4 Å². The van der Waals surface area contributed by atoms with Crippen LogP contribution in [-0.4, -0.2) is 49.3 Å². The Balaban J connectivity index is 1.54. The molecule has 0 saturated carbocycles. The molecule has 154 valence electrons. The molecule has 0 amide bonds. The Morgan fingerprint density at radius 3 is 2.59 bits per heavy atom. The fourth-order valence-electron chi connectivity index (χ4n) is 2.58. The zero-order valence-electron chi connectivity index (χ0n) is 16.0. The molecule has 0 unspecified atom stereocenters. The molecule has 0 bridgehead atoms. The molecule has 3 aromatic rings. The van der Waals surface area contributed by atoms with E-state index in [9.17, 15) is 12.8 Å². The van der Waals surface area contributed by atoms with Gasteiger partial charge in [-0.1, -0.05) is 18.2 Å². The van der Waals surface area contributed by atoms with E-state index in [0.29, 0.717) is 35.2 Å². The van der Waals surface area contributed by atoms with Gasteiger partial charge >= 0.3 is 0 Å². The predicted octanol–water partition coefficient (Wildman–Crippen LogP) is 3.01. The maximum absolute atomic E-state index is 13.7. The molecule has 29 heavy (non-hydrogen) atoms. The molecule has 1 aromatic heterocycles. The Morgan fingerprint density at radius 2 is 1.90 bits per heavy atom. The molecule has 0 spiro atoms. The van der Waals surface area contributed by atoms with E-state index in [0.717, 1.165) is 11.5 Å². The number of likely N-dealkylation sites (N-methyl/N-ethyl adjacent to an activating group) is 1. The van der Waals surface area contributed by atoms with Crippen LogP contribution in [-0.2, 0) is 16.4 Å². The first-order chi connectivity index (χ1) is 13.9. The second kappa shape index (κ2) is 9.29. The Kier molecular flexibility index (Phi) is 6.78. The van der Waals surface area contributed by atoms with Gasteiger partial charge in [0.15, 0.2) is 0 Å². The quantitative estimate of drug-likeness (QED) is 0.555. The summed E-state index contributed by atoms with van der Waals surface area (Å²) in [5.41, 5.74) is 0.530.